The summed E-state index contributed by atoms with van der Waals surface area (Å²) < 4.78 is 51.0. The molecule has 1 fully saturated rings. The lowest BCUT2D eigenvalue weighted by Gasteiger charge is -2.36. The molecule has 1 amide bonds. The largest absolute Gasteiger partial charge is 0.465 e. The summed E-state index contributed by atoms with van der Waals surface area (Å²) >= 11 is 5.66. The third kappa shape index (κ3) is 5.81. The Hall–Kier alpha value is -2.71. The third-order valence-electron chi connectivity index (χ3n) is 5.76. The summed E-state index contributed by atoms with van der Waals surface area (Å²) in [6, 6.07) is 3.17. The number of likely N-dealkylation sites (tertiary alicyclic amines) is 1. The quantitative estimate of drug-likeness (QED) is 0.548. The number of ether oxygens (including phenoxy) is 2. The normalized spacial score (nSPS) is 21.3. The van der Waals surface area contributed by atoms with Gasteiger partial charge in [0.1, 0.15) is 12.5 Å². The standard InChI is InChI=1S/C24H24ClF3N2O3/c25-19-10-9-17(12-18(19)24(26,27)28)29-23(31)13-30-11-5-4-8-20(30)22-15-32-14-21(33-22)16-6-2-1-3-7-16/h1-2,6,9-10,12,14-15,20H,3-5,7-8,11,13H2,(H,29,31). The number of nitrogens with one attached hydrogen (secondary N) is 1. The molecule has 2 heterocycles. The molecule has 4 rings (SSSR count). The Kier molecular flexibility index (Phi) is 7.14. The molecule has 1 aromatic carbocycles. The van der Waals surface area contributed by atoms with Gasteiger partial charge in [-0.05, 0) is 56.0 Å². The van der Waals surface area contributed by atoms with Crippen molar-refractivity contribution in [2.24, 2.45) is 0 Å². The molecule has 1 unspecified atom stereocenters. The molecule has 0 spiro atoms. The van der Waals surface area contributed by atoms with E-state index in [0.717, 1.165) is 49.8 Å². The molecule has 1 atom stereocenters. The summed E-state index contributed by atoms with van der Waals surface area (Å²) in [5.74, 6) is 0.875. The highest BCUT2D eigenvalue weighted by molar-refractivity contribution is 6.31. The van der Waals surface area contributed by atoms with Crippen molar-refractivity contribution in [1.29, 1.82) is 0 Å². The molecule has 5 nitrogen and oxygen atoms in total. The number of carbonyl (C=O) groups is 1. The second-order valence-electron chi connectivity index (χ2n) is 8.12. The SMILES string of the molecule is O=C(CN1CCCCC1C1=COC=C(C2=CC=CCC2)O1)Nc1ccc(Cl)c(C(F)(F)F)c1. The maximum Gasteiger partial charge on any atom is 0.417 e. The summed E-state index contributed by atoms with van der Waals surface area (Å²) in [6.45, 7) is 0.678. The Bertz CT molecular complexity index is 1030. The highest BCUT2D eigenvalue weighted by atomic mass is 35.5. The first-order valence-corrected chi connectivity index (χ1v) is 11.2. The van der Waals surface area contributed by atoms with Crippen molar-refractivity contribution in [2.75, 3.05) is 18.4 Å². The van der Waals surface area contributed by atoms with Gasteiger partial charge in [-0.2, -0.15) is 13.2 Å². The number of nitrogens with zero attached hydrogens (tertiary/aromatic N) is 1. The van der Waals surface area contributed by atoms with Crippen LogP contribution in [0.4, 0.5) is 18.9 Å². The number of halogens is 4. The van der Waals surface area contributed by atoms with Gasteiger partial charge >= 0.3 is 6.18 Å². The van der Waals surface area contributed by atoms with Gasteiger partial charge in [0.25, 0.3) is 0 Å². The van der Waals surface area contributed by atoms with Crippen LogP contribution >= 0.6 is 11.6 Å². The molecule has 176 valence electrons. The number of benzene rings is 1. The van der Waals surface area contributed by atoms with Crippen LogP contribution in [-0.2, 0) is 20.4 Å². The van der Waals surface area contributed by atoms with Crippen LogP contribution in [0.5, 0.6) is 0 Å². The van der Waals surface area contributed by atoms with Crippen LogP contribution in [0.25, 0.3) is 0 Å². The van der Waals surface area contributed by atoms with Gasteiger partial charge in [0.15, 0.2) is 11.5 Å². The molecule has 1 aliphatic carbocycles. The second-order valence-corrected chi connectivity index (χ2v) is 8.53. The molecule has 9 heteroatoms. The number of hydrogen-bond donors (Lipinski definition) is 1. The van der Waals surface area contributed by atoms with E-state index < -0.39 is 22.7 Å². The Morgan fingerprint density at radius 1 is 1.24 bits per heavy atom. The van der Waals surface area contributed by atoms with Crippen molar-refractivity contribution in [3.05, 3.63) is 76.6 Å². The fourth-order valence-corrected chi connectivity index (χ4v) is 4.37. The van der Waals surface area contributed by atoms with Gasteiger partial charge in [0.2, 0.25) is 5.91 Å². The van der Waals surface area contributed by atoms with E-state index in [1.807, 2.05) is 17.1 Å². The first-order valence-electron chi connectivity index (χ1n) is 10.8. The van der Waals surface area contributed by atoms with Crippen molar-refractivity contribution in [3.63, 3.8) is 0 Å². The second kappa shape index (κ2) is 10.1. The maximum atomic E-state index is 13.1. The van der Waals surface area contributed by atoms with E-state index >= 15 is 0 Å². The van der Waals surface area contributed by atoms with Crippen molar-refractivity contribution in [3.8, 4) is 0 Å². The van der Waals surface area contributed by atoms with E-state index in [0.29, 0.717) is 18.1 Å². The van der Waals surface area contributed by atoms with Crippen LogP contribution in [0.15, 0.2) is 66.0 Å². The fraction of sp³-hybridized carbons (Fsp3) is 0.375. The van der Waals surface area contributed by atoms with E-state index in [9.17, 15) is 18.0 Å². The summed E-state index contributed by atoms with van der Waals surface area (Å²) in [7, 11) is 0. The number of piperidine rings is 1. The number of allylic oxidation sites excluding steroid dienone is 4. The number of rotatable bonds is 5. The summed E-state index contributed by atoms with van der Waals surface area (Å²) in [5.41, 5.74) is 0.109. The zero-order chi connectivity index (χ0) is 23.4. The number of amides is 1. The van der Waals surface area contributed by atoms with Crippen LogP contribution in [0.1, 0.15) is 37.7 Å². The van der Waals surface area contributed by atoms with Gasteiger partial charge < -0.3 is 14.8 Å². The smallest absolute Gasteiger partial charge is 0.417 e. The number of anilines is 1. The minimum Gasteiger partial charge on any atom is -0.465 e. The molecule has 0 bridgehead atoms. The van der Waals surface area contributed by atoms with Crippen LogP contribution in [-0.4, -0.2) is 29.9 Å². The van der Waals surface area contributed by atoms with Crippen molar-refractivity contribution < 1.29 is 27.4 Å². The van der Waals surface area contributed by atoms with Crippen molar-refractivity contribution >= 4 is 23.2 Å². The molecular weight excluding hydrogens is 457 g/mol. The Labute approximate surface area is 195 Å². The zero-order valence-electron chi connectivity index (χ0n) is 17.8. The van der Waals surface area contributed by atoms with E-state index in [2.05, 4.69) is 11.4 Å². The monoisotopic (exact) mass is 480 g/mol. The van der Waals surface area contributed by atoms with Crippen LogP contribution in [0.3, 0.4) is 0 Å². The highest BCUT2D eigenvalue weighted by Crippen LogP contribution is 2.36. The summed E-state index contributed by atoms with van der Waals surface area (Å²) in [5, 5.41) is 2.14. The molecular formula is C24H24ClF3N2O3. The van der Waals surface area contributed by atoms with E-state index in [1.54, 1.807) is 12.5 Å². The topological polar surface area (TPSA) is 50.8 Å². The predicted molar refractivity (Wildman–Crippen MR) is 119 cm³/mol. The van der Waals surface area contributed by atoms with Gasteiger partial charge in [-0.25, -0.2) is 0 Å². The highest BCUT2D eigenvalue weighted by Gasteiger charge is 2.34. The van der Waals surface area contributed by atoms with E-state index in [-0.39, 0.29) is 18.3 Å². The minimum atomic E-state index is -4.60. The first kappa shape index (κ1) is 23.4. The molecule has 1 aromatic rings. The molecule has 0 aromatic heterocycles. The first-order chi connectivity index (χ1) is 15.8. The van der Waals surface area contributed by atoms with Gasteiger partial charge in [-0.1, -0.05) is 36.2 Å². The number of hydrogen-bond acceptors (Lipinski definition) is 4. The van der Waals surface area contributed by atoms with E-state index in [1.165, 1.54) is 6.07 Å². The zero-order valence-corrected chi connectivity index (χ0v) is 18.6. The molecule has 2 aliphatic heterocycles. The van der Waals surface area contributed by atoms with Gasteiger partial charge in [-0.3, -0.25) is 9.69 Å². The third-order valence-corrected chi connectivity index (χ3v) is 6.09. The number of alkyl halides is 3. The molecule has 1 N–H and O–H groups in total. The van der Waals surface area contributed by atoms with Crippen LogP contribution < -0.4 is 5.32 Å². The van der Waals surface area contributed by atoms with Gasteiger partial charge in [0, 0.05) is 5.69 Å². The van der Waals surface area contributed by atoms with Gasteiger partial charge in [-0.15, -0.1) is 0 Å². The van der Waals surface area contributed by atoms with Crippen LogP contribution in [0, 0.1) is 0 Å². The predicted octanol–water partition coefficient (Wildman–Crippen LogP) is 6.16. The maximum absolute atomic E-state index is 13.1. The Morgan fingerprint density at radius 2 is 2.09 bits per heavy atom. The molecule has 1 saturated heterocycles. The lowest BCUT2D eigenvalue weighted by Crippen LogP contribution is -2.45. The van der Waals surface area contributed by atoms with E-state index in [4.69, 9.17) is 21.1 Å². The lowest BCUT2D eigenvalue weighted by molar-refractivity contribution is -0.137. The average molecular weight is 481 g/mol. The molecule has 0 radical (unpaired) electrons. The van der Waals surface area contributed by atoms with Crippen molar-refractivity contribution in [1.82, 2.24) is 4.90 Å². The fourth-order valence-electron chi connectivity index (χ4n) is 4.14. The minimum absolute atomic E-state index is 0.0137. The molecule has 3 aliphatic rings. The van der Waals surface area contributed by atoms with Gasteiger partial charge in [0.05, 0.1) is 23.2 Å². The Morgan fingerprint density at radius 3 is 2.85 bits per heavy atom. The summed E-state index contributed by atoms with van der Waals surface area (Å²) in [4.78, 5) is 14.6. The van der Waals surface area contributed by atoms with Crippen molar-refractivity contribution in [2.45, 2.75) is 44.3 Å². The molecule has 33 heavy (non-hydrogen) atoms. The Balaban J connectivity index is 1.42. The lowest BCUT2D eigenvalue weighted by atomic mass is 9.99. The molecule has 0 saturated carbocycles. The summed E-state index contributed by atoms with van der Waals surface area (Å²) in [6.07, 6.45) is 9.06. The van der Waals surface area contributed by atoms with Crippen LogP contribution in [0.2, 0.25) is 5.02 Å². The average Bonchev–Trinajstić information content (AvgIpc) is 2.80. The number of carbonyl (C=O) groups excluding carboxylic acids is 1.